The SMILES string of the molecule is NCCCNCCCCN(CCCN)CC(=O)O. The maximum atomic E-state index is 10.7. The molecule has 0 spiro atoms. The van der Waals surface area contributed by atoms with Crippen molar-refractivity contribution in [3.8, 4) is 0 Å². The molecule has 0 saturated heterocycles. The molecule has 108 valence electrons. The first-order chi connectivity index (χ1) is 8.70. The zero-order chi connectivity index (χ0) is 13.6. The Morgan fingerprint density at radius 1 is 1.00 bits per heavy atom. The van der Waals surface area contributed by atoms with Crippen LogP contribution in [0.15, 0.2) is 0 Å². The Kier molecular flexibility index (Phi) is 12.3. The number of carboxylic acid groups (broad SMARTS) is 1. The Labute approximate surface area is 110 Å². The Morgan fingerprint density at radius 3 is 2.22 bits per heavy atom. The van der Waals surface area contributed by atoms with Gasteiger partial charge in [-0.25, -0.2) is 0 Å². The molecule has 6 heteroatoms. The Bertz CT molecular complexity index is 203. The predicted molar refractivity (Wildman–Crippen MR) is 73.5 cm³/mol. The van der Waals surface area contributed by atoms with E-state index in [-0.39, 0.29) is 6.54 Å². The Morgan fingerprint density at radius 2 is 1.61 bits per heavy atom. The number of hydrogen-bond donors (Lipinski definition) is 4. The van der Waals surface area contributed by atoms with E-state index in [1.54, 1.807) is 0 Å². The van der Waals surface area contributed by atoms with Gasteiger partial charge in [-0.15, -0.1) is 0 Å². The summed E-state index contributed by atoms with van der Waals surface area (Å²) in [5.41, 5.74) is 10.8. The summed E-state index contributed by atoms with van der Waals surface area (Å²) in [5, 5.41) is 12.1. The van der Waals surface area contributed by atoms with Crippen LogP contribution in [0.4, 0.5) is 0 Å². The third-order valence-electron chi connectivity index (χ3n) is 2.67. The van der Waals surface area contributed by atoms with Gasteiger partial charge in [-0.2, -0.15) is 0 Å². The van der Waals surface area contributed by atoms with Crippen LogP contribution in [0.5, 0.6) is 0 Å². The van der Waals surface area contributed by atoms with Crippen LogP contribution in [0.1, 0.15) is 25.7 Å². The van der Waals surface area contributed by atoms with Crippen molar-refractivity contribution in [3.63, 3.8) is 0 Å². The van der Waals surface area contributed by atoms with Gasteiger partial charge in [-0.3, -0.25) is 9.69 Å². The summed E-state index contributed by atoms with van der Waals surface area (Å²) < 4.78 is 0. The molecule has 6 nitrogen and oxygen atoms in total. The van der Waals surface area contributed by atoms with Crippen molar-refractivity contribution in [1.82, 2.24) is 10.2 Å². The summed E-state index contributed by atoms with van der Waals surface area (Å²) in [6.07, 6.45) is 3.92. The number of unbranched alkanes of at least 4 members (excludes halogenated alkanes) is 1. The topological polar surface area (TPSA) is 105 Å². The molecule has 0 aliphatic rings. The van der Waals surface area contributed by atoms with Crippen LogP contribution < -0.4 is 16.8 Å². The second-order valence-corrected chi connectivity index (χ2v) is 4.41. The molecule has 0 bridgehead atoms. The van der Waals surface area contributed by atoms with Crippen molar-refractivity contribution in [2.75, 3.05) is 45.8 Å². The molecule has 0 aliphatic carbocycles. The van der Waals surface area contributed by atoms with Gasteiger partial charge in [0.25, 0.3) is 0 Å². The zero-order valence-corrected chi connectivity index (χ0v) is 11.2. The van der Waals surface area contributed by atoms with Crippen molar-refractivity contribution in [2.24, 2.45) is 11.5 Å². The van der Waals surface area contributed by atoms with E-state index in [2.05, 4.69) is 5.32 Å². The first-order valence-electron chi connectivity index (χ1n) is 6.75. The van der Waals surface area contributed by atoms with Gasteiger partial charge in [0.1, 0.15) is 0 Å². The number of nitrogens with zero attached hydrogens (tertiary/aromatic N) is 1. The molecule has 0 fully saturated rings. The molecule has 0 heterocycles. The van der Waals surface area contributed by atoms with Gasteiger partial charge >= 0.3 is 5.97 Å². The van der Waals surface area contributed by atoms with Crippen molar-refractivity contribution >= 4 is 5.97 Å². The molecule has 6 N–H and O–H groups in total. The van der Waals surface area contributed by atoms with Gasteiger partial charge in [-0.1, -0.05) is 0 Å². The molecule has 18 heavy (non-hydrogen) atoms. The molecule has 0 radical (unpaired) electrons. The normalized spacial score (nSPS) is 11.1. The summed E-state index contributed by atoms with van der Waals surface area (Å²) >= 11 is 0. The van der Waals surface area contributed by atoms with Crippen LogP contribution >= 0.6 is 0 Å². The fourth-order valence-corrected chi connectivity index (χ4v) is 1.71. The summed E-state index contributed by atoms with van der Waals surface area (Å²) in [7, 11) is 0. The van der Waals surface area contributed by atoms with E-state index < -0.39 is 5.97 Å². The maximum absolute atomic E-state index is 10.7. The van der Waals surface area contributed by atoms with Gasteiger partial charge in [0.15, 0.2) is 0 Å². The first kappa shape index (κ1) is 17.3. The summed E-state index contributed by atoms with van der Waals surface area (Å²) in [5.74, 6) is -0.770. The molecule has 0 rings (SSSR count). The van der Waals surface area contributed by atoms with Gasteiger partial charge < -0.3 is 21.9 Å². The largest absolute Gasteiger partial charge is 0.480 e. The molecule has 0 aromatic heterocycles. The van der Waals surface area contributed by atoms with Gasteiger partial charge in [-0.05, 0) is 65.0 Å². The lowest BCUT2D eigenvalue weighted by Crippen LogP contribution is -2.33. The molecule has 0 aliphatic heterocycles. The number of nitrogens with one attached hydrogen (secondary N) is 1. The van der Waals surface area contributed by atoms with E-state index in [9.17, 15) is 4.79 Å². The molecule has 0 unspecified atom stereocenters. The van der Waals surface area contributed by atoms with Gasteiger partial charge in [0.05, 0.1) is 6.54 Å². The number of rotatable bonds is 13. The van der Waals surface area contributed by atoms with Crippen LogP contribution in [-0.4, -0.2) is 61.8 Å². The number of aliphatic carboxylic acids is 1. The predicted octanol–water partition coefficient (Wildman–Crippen LogP) is -0.560. The highest BCUT2D eigenvalue weighted by Crippen LogP contribution is 1.96. The van der Waals surface area contributed by atoms with Crippen molar-refractivity contribution in [2.45, 2.75) is 25.7 Å². The molecule has 0 aromatic rings. The minimum absolute atomic E-state index is 0.112. The molecule has 0 aromatic carbocycles. The van der Waals surface area contributed by atoms with Crippen molar-refractivity contribution in [1.29, 1.82) is 0 Å². The zero-order valence-electron chi connectivity index (χ0n) is 11.2. The highest BCUT2D eigenvalue weighted by atomic mass is 16.4. The van der Waals surface area contributed by atoms with E-state index >= 15 is 0 Å². The summed E-state index contributed by atoms with van der Waals surface area (Å²) in [6.45, 7) is 4.96. The van der Waals surface area contributed by atoms with Gasteiger partial charge in [0.2, 0.25) is 0 Å². The number of nitrogens with two attached hydrogens (primary N) is 2. The Balaban J connectivity index is 3.52. The van der Waals surface area contributed by atoms with Crippen LogP contribution in [0.2, 0.25) is 0 Å². The van der Waals surface area contributed by atoms with E-state index in [4.69, 9.17) is 16.6 Å². The van der Waals surface area contributed by atoms with Crippen LogP contribution in [0.25, 0.3) is 0 Å². The first-order valence-corrected chi connectivity index (χ1v) is 6.75. The fourth-order valence-electron chi connectivity index (χ4n) is 1.71. The second kappa shape index (κ2) is 12.8. The fraction of sp³-hybridized carbons (Fsp3) is 0.917. The van der Waals surface area contributed by atoms with Crippen molar-refractivity contribution in [3.05, 3.63) is 0 Å². The second-order valence-electron chi connectivity index (χ2n) is 4.41. The smallest absolute Gasteiger partial charge is 0.317 e. The maximum Gasteiger partial charge on any atom is 0.317 e. The van der Waals surface area contributed by atoms with E-state index in [1.807, 2.05) is 4.90 Å². The van der Waals surface area contributed by atoms with Gasteiger partial charge in [0, 0.05) is 0 Å². The standard InChI is InChI=1S/C12H28N4O2/c13-5-3-8-15-7-1-2-9-16(10-4-6-14)11-12(17)18/h15H,1-11,13-14H2,(H,17,18). The van der Waals surface area contributed by atoms with E-state index in [0.29, 0.717) is 6.54 Å². The average Bonchev–Trinajstić information content (AvgIpc) is 2.34. The lowest BCUT2D eigenvalue weighted by atomic mass is 10.2. The number of hydrogen-bond acceptors (Lipinski definition) is 5. The molecule has 0 saturated carbocycles. The van der Waals surface area contributed by atoms with Crippen LogP contribution in [0.3, 0.4) is 0 Å². The molecular weight excluding hydrogens is 232 g/mol. The molecule has 0 amide bonds. The summed E-state index contributed by atoms with van der Waals surface area (Å²) in [4.78, 5) is 12.6. The van der Waals surface area contributed by atoms with Crippen LogP contribution in [0, 0.1) is 0 Å². The minimum atomic E-state index is -0.770. The lowest BCUT2D eigenvalue weighted by molar-refractivity contribution is -0.138. The van der Waals surface area contributed by atoms with Crippen molar-refractivity contribution < 1.29 is 9.90 Å². The minimum Gasteiger partial charge on any atom is -0.480 e. The molecular formula is C12H28N4O2. The number of carbonyl (C=O) groups is 1. The monoisotopic (exact) mass is 260 g/mol. The van der Waals surface area contributed by atoms with E-state index in [0.717, 1.165) is 58.4 Å². The Hall–Kier alpha value is -0.690. The highest BCUT2D eigenvalue weighted by Gasteiger charge is 2.08. The van der Waals surface area contributed by atoms with E-state index in [1.165, 1.54) is 0 Å². The van der Waals surface area contributed by atoms with Crippen LogP contribution in [-0.2, 0) is 4.79 Å². The average molecular weight is 260 g/mol. The highest BCUT2D eigenvalue weighted by molar-refractivity contribution is 5.69. The summed E-state index contributed by atoms with van der Waals surface area (Å²) in [6, 6.07) is 0. The third-order valence-corrected chi connectivity index (χ3v) is 2.67. The molecule has 0 atom stereocenters. The lowest BCUT2D eigenvalue weighted by Gasteiger charge is -2.19. The third kappa shape index (κ3) is 11.8. The number of carboxylic acids is 1. The quantitative estimate of drug-likeness (QED) is 0.331.